The number of thiophene rings is 1. The number of rotatable bonds is 5. The number of nitrogens with one attached hydrogen (secondary N) is 1. The Labute approximate surface area is 125 Å². The highest BCUT2D eigenvalue weighted by Crippen LogP contribution is 2.30. The molecule has 0 saturated heterocycles. The minimum Gasteiger partial charge on any atom is -0.391 e. The number of aliphatic hydroxyl groups is 1. The average molecular weight is 317 g/mol. The minimum atomic E-state index is -3.51. The topological polar surface area (TPSA) is 66.4 Å². The molecule has 2 atom stereocenters. The molecule has 0 aromatic carbocycles. The largest absolute Gasteiger partial charge is 0.391 e. The summed E-state index contributed by atoms with van der Waals surface area (Å²) in [5.74, 6) is 1.00. The van der Waals surface area contributed by atoms with E-state index in [4.69, 9.17) is 0 Å². The summed E-state index contributed by atoms with van der Waals surface area (Å²) in [6, 6.07) is 0. The third-order valence-corrected chi connectivity index (χ3v) is 7.10. The Morgan fingerprint density at radius 2 is 2.10 bits per heavy atom. The lowest BCUT2D eigenvalue weighted by molar-refractivity contribution is 0.257. The summed E-state index contributed by atoms with van der Waals surface area (Å²) < 4.78 is 27.6. The Morgan fingerprint density at radius 1 is 1.40 bits per heavy atom. The van der Waals surface area contributed by atoms with E-state index in [1.807, 2.05) is 0 Å². The molecule has 1 aromatic rings. The van der Waals surface area contributed by atoms with Gasteiger partial charge in [-0.2, -0.15) is 0 Å². The first-order valence-corrected chi connectivity index (χ1v) is 9.49. The van der Waals surface area contributed by atoms with E-state index in [2.05, 4.69) is 11.6 Å². The van der Waals surface area contributed by atoms with Crippen LogP contribution < -0.4 is 4.72 Å². The third-order valence-electron chi connectivity index (χ3n) is 4.23. The maximum atomic E-state index is 12.4. The van der Waals surface area contributed by atoms with Gasteiger partial charge in [0.25, 0.3) is 0 Å². The van der Waals surface area contributed by atoms with Crippen LogP contribution in [0.5, 0.6) is 0 Å². The van der Waals surface area contributed by atoms with Crippen molar-refractivity contribution < 1.29 is 13.5 Å². The molecule has 0 radical (unpaired) electrons. The van der Waals surface area contributed by atoms with Crippen LogP contribution in [0.1, 0.15) is 43.0 Å². The van der Waals surface area contributed by atoms with Gasteiger partial charge in [0.15, 0.2) is 0 Å². The zero-order valence-corrected chi connectivity index (χ0v) is 13.7. The molecule has 1 aliphatic carbocycles. The van der Waals surface area contributed by atoms with Crippen molar-refractivity contribution in [1.82, 2.24) is 4.72 Å². The van der Waals surface area contributed by atoms with Gasteiger partial charge in [-0.25, -0.2) is 13.1 Å². The normalized spacial score (nSPS) is 23.9. The Morgan fingerprint density at radius 3 is 2.75 bits per heavy atom. The number of aliphatic hydroxyl groups excluding tert-OH is 1. The van der Waals surface area contributed by atoms with Crippen LogP contribution in [0, 0.1) is 18.8 Å². The van der Waals surface area contributed by atoms with Crippen LogP contribution in [0.15, 0.2) is 10.3 Å². The van der Waals surface area contributed by atoms with Crippen molar-refractivity contribution in [3.63, 3.8) is 0 Å². The van der Waals surface area contributed by atoms with Crippen molar-refractivity contribution in [2.24, 2.45) is 11.8 Å². The van der Waals surface area contributed by atoms with Gasteiger partial charge in [0, 0.05) is 6.54 Å². The van der Waals surface area contributed by atoms with Crippen LogP contribution in [0.2, 0.25) is 0 Å². The molecule has 2 rings (SSSR count). The van der Waals surface area contributed by atoms with Crippen molar-refractivity contribution in [3.05, 3.63) is 15.8 Å². The lowest BCUT2D eigenvalue weighted by Gasteiger charge is -2.28. The van der Waals surface area contributed by atoms with E-state index in [0.29, 0.717) is 28.8 Å². The molecule has 0 bridgehead atoms. The lowest BCUT2D eigenvalue weighted by Crippen LogP contribution is -2.33. The highest BCUT2D eigenvalue weighted by atomic mass is 32.2. The van der Waals surface area contributed by atoms with E-state index >= 15 is 0 Å². The molecule has 1 saturated carbocycles. The summed E-state index contributed by atoms with van der Waals surface area (Å²) in [5.41, 5.74) is 0.711. The van der Waals surface area contributed by atoms with Crippen molar-refractivity contribution in [2.45, 2.75) is 51.0 Å². The van der Waals surface area contributed by atoms with E-state index in [1.165, 1.54) is 30.6 Å². The first-order valence-electron chi connectivity index (χ1n) is 7.13. The Kier molecular flexibility index (Phi) is 5.23. The van der Waals surface area contributed by atoms with Gasteiger partial charge in [0.1, 0.15) is 4.90 Å². The molecule has 2 N–H and O–H groups in total. The van der Waals surface area contributed by atoms with Crippen LogP contribution in [-0.2, 0) is 16.6 Å². The van der Waals surface area contributed by atoms with Crippen molar-refractivity contribution in [1.29, 1.82) is 0 Å². The Hall–Kier alpha value is -0.430. The van der Waals surface area contributed by atoms with Crippen LogP contribution >= 0.6 is 11.3 Å². The van der Waals surface area contributed by atoms with Crippen molar-refractivity contribution >= 4 is 21.4 Å². The molecule has 20 heavy (non-hydrogen) atoms. The maximum absolute atomic E-state index is 12.4. The van der Waals surface area contributed by atoms with Gasteiger partial charge in [-0.1, -0.05) is 26.2 Å². The third kappa shape index (κ3) is 3.42. The second kappa shape index (κ2) is 6.56. The molecule has 0 aliphatic heterocycles. The van der Waals surface area contributed by atoms with Gasteiger partial charge < -0.3 is 5.11 Å². The molecule has 1 aromatic heterocycles. The zero-order chi connectivity index (χ0) is 14.8. The number of hydrogen-bond donors (Lipinski definition) is 2. The predicted molar refractivity (Wildman–Crippen MR) is 81.3 cm³/mol. The fourth-order valence-corrected chi connectivity index (χ4v) is 5.69. The molecule has 0 spiro atoms. The molecule has 6 heteroatoms. The molecule has 0 amide bonds. The maximum Gasteiger partial charge on any atom is 0.242 e. The zero-order valence-electron chi connectivity index (χ0n) is 12.1. The molecule has 2 unspecified atom stereocenters. The summed E-state index contributed by atoms with van der Waals surface area (Å²) in [5, 5.41) is 11.1. The molecule has 1 heterocycles. The molecule has 4 nitrogen and oxygen atoms in total. The average Bonchev–Trinajstić information content (AvgIpc) is 2.80. The minimum absolute atomic E-state index is 0.228. The van der Waals surface area contributed by atoms with E-state index in [1.54, 1.807) is 12.3 Å². The Bertz CT molecular complexity index is 551. The number of aryl methyl sites for hydroxylation is 1. The first kappa shape index (κ1) is 15.9. The van der Waals surface area contributed by atoms with Gasteiger partial charge in [0.05, 0.1) is 11.5 Å². The van der Waals surface area contributed by atoms with Crippen LogP contribution in [0.3, 0.4) is 0 Å². The van der Waals surface area contributed by atoms with E-state index < -0.39 is 10.0 Å². The van der Waals surface area contributed by atoms with Gasteiger partial charge in [-0.3, -0.25) is 0 Å². The quantitative estimate of drug-likeness (QED) is 0.877. The van der Waals surface area contributed by atoms with E-state index in [9.17, 15) is 13.5 Å². The highest BCUT2D eigenvalue weighted by molar-refractivity contribution is 7.89. The highest BCUT2D eigenvalue weighted by Gasteiger charge is 2.26. The summed E-state index contributed by atoms with van der Waals surface area (Å²) in [4.78, 5) is 0.792. The second-order valence-electron chi connectivity index (χ2n) is 5.70. The standard InChI is InChI=1S/C14H23NO3S2/c1-10-5-3-4-6-12(10)7-15-20(17,18)14-11(2)9-19-13(14)8-16/h9-10,12,15-16H,3-8H2,1-2H3. The summed E-state index contributed by atoms with van der Waals surface area (Å²) in [6.07, 6.45) is 4.73. The fraction of sp³-hybridized carbons (Fsp3) is 0.714. The van der Waals surface area contributed by atoms with Gasteiger partial charge >= 0.3 is 0 Å². The van der Waals surface area contributed by atoms with Crippen LogP contribution in [0.4, 0.5) is 0 Å². The first-order chi connectivity index (χ1) is 9.45. The molecule has 1 fully saturated rings. The van der Waals surface area contributed by atoms with E-state index in [0.717, 1.165) is 6.42 Å². The smallest absolute Gasteiger partial charge is 0.242 e. The SMILES string of the molecule is Cc1csc(CO)c1S(=O)(=O)NCC1CCCCC1C. The summed E-state index contributed by atoms with van der Waals surface area (Å²) >= 11 is 1.30. The van der Waals surface area contributed by atoms with Crippen LogP contribution in [-0.4, -0.2) is 20.1 Å². The second-order valence-corrected chi connectivity index (χ2v) is 8.37. The molecular formula is C14H23NO3S2. The van der Waals surface area contributed by atoms with Crippen molar-refractivity contribution in [2.75, 3.05) is 6.54 Å². The molecular weight excluding hydrogens is 294 g/mol. The predicted octanol–water partition coefficient (Wildman–Crippen LogP) is 2.65. The molecule has 1 aliphatic rings. The monoisotopic (exact) mass is 317 g/mol. The van der Waals surface area contributed by atoms with Crippen molar-refractivity contribution in [3.8, 4) is 0 Å². The van der Waals surface area contributed by atoms with Gasteiger partial charge in [0.2, 0.25) is 10.0 Å². The van der Waals surface area contributed by atoms with E-state index in [-0.39, 0.29) is 11.5 Å². The number of hydrogen-bond acceptors (Lipinski definition) is 4. The van der Waals surface area contributed by atoms with Crippen LogP contribution in [0.25, 0.3) is 0 Å². The summed E-state index contributed by atoms with van der Waals surface area (Å²) in [6.45, 7) is 4.25. The molecule has 114 valence electrons. The van der Waals surface area contributed by atoms with Gasteiger partial charge in [-0.15, -0.1) is 11.3 Å². The summed E-state index contributed by atoms with van der Waals surface area (Å²) in [7, 11) is -3.51. The van der Waals surface area contributed by atoms with Gasteiger partial charge in [-0.05, 0) is 36.1 Å². The lowest BCUT2D eigenvalue weighted by atomic mass is 9.81. The number of sulfonamides is 1. The fourth-order valence-electron chi connectivity index (χ4n) is 2.94. The Balaban J connectivity index is 2.09.